The molecule has 0 aliphatic carbocycles. The van der Waals surface area contributed by atoms with Gasteiger partial charge in [-0.3, -0.25) is 28.9 Å². The first-order chi connectivity index (χ1) is 10.4. The van der Waals surface area contributed by atoms with Crippen LogP contribution in [0.4, 0.5) is 5.95 Å². The molecule has 2 amide bonds. The Kier molecular flexibility index (Phi) is 3.19. The number of likely N-dealkylation sites (tertiary alicyclic amines) is 1. The van der Waals surface area contributed by atoms with E-state index in [0.717, 1.165) is 0 Å². The molecule has 1 fully saturated rings. The third-order valence-electron chi connectivity index (χ3n) is 3.61. The fourth-order valence-electron chi connectivity index (χ4n) is 2.57. The van der Waals surface area contributed by atoms with Crippen molar-refractivity contribution in [1.29, 1.82) is 0 Å². The molecular formula is C13H16N6O3. The molecule has 116 valence electrons. The monoisotopic (exact) mass is 304 g/mol. The molecule has 9 heteroatoms. The molecule has 1 unspecified atom stereocenters. The van der Waals surface area contributed by atoms with Gasteiger partial charge in [0.15, 0.2) is 5.65 Å². The van der Waals surface area contributed by atoms with Crippen LogP contribution in [-0.4, -0.2) is 48.5 Å². The minimum Gasteiger partial charge on any atom is -0.343 e. The Balaban J connectivity index is 1.91. The summed E-state index contributed by atoms with van der Waals surface area (Å²) >= 11 is 0. The van der Waals surface area contributed by atoms with E-state index in [0.29, 0.717) is 11.0 Å². The Hall–Kier alpha value is -2.71. The van der Waals surface area contributed by atoms with Crippen LogP contribution in [0.2, 0.25) is 0 Å². The molecule has 1 saturated heterocycles. The zero-order chi connectivity index (χ0) is 16.0. The second kappa shape index (κ2) is 4.93. The Labute approximate surface area is 125 Å². The summed E-state index contributed by atoms with van der Waals surface area (Å²) in [5.74, 6) is -0.396. The van der Waals surface area contributed by atoms with E-state index in [1.807, 2.05) is 0 Å². The lowest BCUT2D eigenvalue weighted by Crippen LogP contribution is -2.39. The smallest absolute Gasteiger partial charge is 0.263 e. The molecule has 3 heterocycles. The van der Waals surface area contributed by atoms with Crippen LogP contribution in [0.5, 0.6) is 0 Å². The van der Waals surface area contributed by atoms with Gasteiger partial charge in [0.05, 0.1) is 12.6 Å². The maximum absolute atomic E-state index is 12.2. The third kappa shape index (κ3) is 2.14. The van der Waals surface area contributed by atoms with Gasteiger partial charge < -0.3 is 5.32 Å². The van der Waals surface area contributed by atoms with Crippen molar-refractivity contribution in [3.8, 4) is 0 Å². The van der Waals surface area contributed by atoms with Gasteiger partial charge >= 0.3 is 0 Å². The van der Waals surface area contributed by atoms with Gasteiger partial charge in [0.25, 0.3) is 11.5 Å². The van der Waals surface area contributed by atoms with Gasteiger partial charge in [-0.2, -0.15) is 10.1 Å². The van der Waals surface area contributed by atoms with E-state index < -0.39 is 6.04 Å². The van der Waals surface area contributed by atoms with Gasteiger partial charge in [-0.25, -0.2) is 0 Å². The highest BCUT2D eigenvalue weighted by molar-refractivity contribution is 6.07. The number of fused-ring (bicyclic) bond motifs is 1. The van der Waals surface area contributed by atoms with Crippen molar-refractivity contribution in [2.24, 2.45) is 7.05 Å². The number of H-pyrrole nitrogens is 1. The summed E-state index contributed by atoms with van der Waals surface area (Å²) in [5, 5.41) is 7.17. The van der Waals surface area contributed by atoms with E-state index in [1.165, 1.54) is 15.8 Å². The van der Waals surface area contributed by atoms with Gasteiger partial charge in [0, 0.05) is 13.1 Å². The Morgan fingerprint density at radius 1 is 1.36 bits per heavy atom. The molecule has 0 aromatic carbocycles. The quantitative estimate of drug-likeness (QED) is 0.746. The molecule has 0 bridgehead atoms. The molecule has 0 saturated carbocycles. The van der Waals surface area contributed by atoms with E-state index in [1.54, 1.807) is 20.9 Å². The Morgan fingerprint density at radius 3 is 2.73 bits per heavy atom. The number of aryl methyl sites for hydroxylation is 1. The predicted molar refractivity (Wildman–Crippen MR) is 78.1 cm³/mol. The molecule has 3 rings (SSSR count). The average molecular weight is 304 g/mol. The van der Waals surface area contributed by atoms with Gasteiger partial charge in [0.2, 0.25) is 11.9 Å². The first kappa shape index (κ1) is 14.2. The van der Waals surface area contributed by atoms with Crippen LogP contribution in [0.25, 0.3) is 11.0 Å². The topological polar surface area (TPSA) is 113 Å². The molecule has 1 atom stereocenters. The molecule has 9 nitrogen and oxygen atoms in total. The van der Waals surface area contributed by atoms with Crippen LogP contribution in [-0.2, 0) is 16.6 Å². The zero-order valence-electron chi connectivity index (χ0n) is 12.5. The highest BCUT2D eigenvalue weighted by Gasteiger charge is 2.40. The number of aromatic nitrogens is 4. The normalized spacial score (nSPS) is 18.7. The van der Waals surface area contributed by atoms with Gasteiger partial charge in [-0.05, 0) is 13.8 Å². The van der Waals surface area contributed by atoms with Crippen molar-refractivity contribution in [2.75, 3.05) is 5.32 Å². The summed E-state index contributed by atoms with van der Waals surface area (Å²) in [4.78, 5) is 44.1. The Morgan fingerprint density at radius 2 is 2.09 bits per heavy atom. The number of hydrogen-bond donors (Lipinski definition) is 2. The van der Waals surface area contributed by atoms with Crippen molar-refractivity contribution in [1.82, 2.24) is 24.6 Å². The standard InChI is InChI=1S/C13H16N6O3/c1-6(2)19-9(20)4-8(12(19)22)15-13-16-10-7(11(21)17-13)5-14-18(10)3/h5-6,8H,4H2,1-3H3,(H2,15,16,17,21). The number of anilines is 1. The third-order valence-corrected chi connectivity index (χ3v) is 3.61. The average Bonchev–Trinajstić information content (AvgIpc) is 2.92. The molecular weight excluding hydrogens is 288 g/mol. The highest BCUT2D eigenvalue weighted by Crippen LogP contribution is 2.19. The number of carbonyl (C=O) groups is 2. The van der Waals surface area contributed by atoms with E-state index in [9.17, 15) is 14.4 Å². The summed E-state index contributed by atoms with van der Waals surface area (Å²) in [6.07, 6.45) is 1.47. The van der Waals surface area contributed by atoms with Crippen molar-refractivity contribution >= 4 is 28.8 Å². The Bertz CT molecular complexity index is 821. The van der Waals surface area contributed by atoms with Crippen LogP contribution in [0, 0.1) is 0 Å². The number of amides is 2. The number of carbonyl (C=O) groups excluding carboxylic acids is 2. The van der Waals surface area contributed by atoms with Crippen LogP contribution < -0.4 is 10.9 Å². The summed E-state index contributed by atoms with van der Waals surface area (Å²) in [6, 6.07) is -0.915. The number of imide groups is 1. The minimum absolute atomic E-state index is 0.0458. The fourth-order valence-corrected chi connectivity index (χ4v) is 2.57. The molecule has 1 aliphatic rings. The van der Waals surface area contributed by atoms with Crippen molar-refractivity contribution in [3.63, 3.8) is 0 Å². The number of rotatable bonds is 3. The summed E-state index contributed by atoms with van der Waals surface area (Å²) in [6.45, 7) is 3.56. The van der Waals surface area contributed by atoms with E-state index in [4.69, 9.17) is 0 Å². The number of nitrogens with zero attached hydrogens (tertiary/aromatic N) is 4. The predicted octanol–water partition coefficient (Wildman–Crippen LogP) is -0.396. The van der Waals surface area contributed by atoms with Gasteiger partial charge in [0.1, 0.15) is 11.4 Å². The van der Waals surface area contributed by atoms with Crippen molar-refractivity contribution in [2.45, 2.75) is 32.4 Å². The van der Waals surface area contributed by atoms with Crippen molar-refractivity contribution in [3.05, 3.63) is 16.6 Å². The van der Waals surface area contributed by atoms with Crippen LogP contribution in [0.3, 0.4) is 0 Å². The number of aromatic amines is 1. The lowest BCUT2D eigenvalue weighted by Gasteiger charge is -2.19. The zero-order valence-corrected chi connectivity index (χ0v) is 12.5. The van der Waals surface area contributed by atoms with Gasteiger partial charge in [-0.1, -0.05) is 0 Å². The van der Waals surface area contributed by atoms with E-state index in [-0.39, 0.29) is 35.8 Å². The van der Waals surface area contributed by atoms with Crippen molar-refractivity contribution < 1.29 is 9.59 Å². The summed E-state index contributed by atoms with van der Waals surface area (Å²) in [5.41, 5.74) is 0.0572. The molecule has 2 N–H and O–H groups in total. The largest absolute Gasteiger partial charge is 0.343 e. The van der Waals surface area contributed by atoms with Gasteiger partial charge in [-0.15, -0.1) is 0 Å². The maximum Gasteiger partial charge on any atom is 0.263 e. The first-order valence-electron chi connectivity index (χ1n) is 6.93. The first-order valence-corrected chi connectivity index (χ1v) is 6.93. The SMILES string of the molecule is CC(C)N1C(=O)CC(Nc2nc3c(cnn3C)c(=O)[nH]2)C1=O. The lowest BCUT2D eigenvalue weighted by atomic mass is 10.2. The fraction of sp³-hybridized carbons (Fsp3) is 0.462. The number of hydrogen-bond acceptors (Lipinski definition) is 6. The molecule has 2 aromatic rings. The van der Waals surface area contributed by atoms with Crippen LogP contribution in [0.15, 0.2) is 11.0 Å². The summed E-state index contributed by atoms with van der Waals surface area (Å²) in [7, 11) is 1.67. The van der Waals surface area contributed by atoms with Crippen LogP contribution in [0.1, 0.15) is 20.3 Å². The minimum atomic E-state index is -0.719. The van der Waals surface area contributed by atoms with E-state index in [2.05, 4.69) is 20.4 Å². The van der Waals surface area contributed by atoms with E-state index >= 15 is 0 Å². The molecule has 22 heavy (non-hydrogen) atoms. The second-order valence-electron chi connectivity index (χ2n) is 5.52. The maximum atomic E-state index is 12.2. The van der Waals surface area contributed by atoms with Crippen LogP contribution >= 0.6 is 0 Å². The number of nitrogens with one attached hydrogen (secondary N) is 2. The summed E-state index contributed by atoms with van der Waals surface area (Å²) < 4.78 is 1.47. The highest BCUT2D eigenvalue weighted by atomic mass is 16.2. The molecule has 0 spiro atoms. The molecule has 1 aliphatic heterocycles. The molecule has 0 radical (unpaired) electrons. The lowest BCUT2D eigenvalue weighted by molar-refractivity contribution is -0.140. The second-order valence-corrected chi connectivity index (χ2v) is 5.52. The molecule has 2 aromatic heterocycles.